The molecule has 0 bridgehead atoms. The van der Waals surface area contributed by atoms with Crippen molar-refractivity contribution in [3.05, 3.63) is 35.9 Å². The van der Waals surface area contributed by atoms with Gasteiger partial charge in [0.05, 0.1) is 18.8 Å². The summed E-state index contributed by atoms with van der Waals surface area (Å²) < 4.78 is 5.68. The number of hydrogen-bond acceptors (Lipinski definition) is 1. The summed E-state index contributed by atoms with van der Waals surface area (Å²) in [6.45, 7) is 3.70. The second-order valence-corrected chi connectivity index (χ2v) is 3.35. The Balaban J connectivity index is 2.15. The summed E-state index contributed by atoms with van der Waals surface area (Å²) >= 11 is 0. The van der Waals surface area contributed by atoms with E-state index < -0.39 is 0 Å². The van der Waals surface area contributed by atoms with Crippen molar-refractivity contribution in [2.45, 2.75) is 19.1 Å². The summed E-state index contributed by atoms with van der Waals surface area (Å²) in [6, 6.07) is 10.6. The van der Waals surface area contributed by atoms with E-state index in [9.17, 15) is 0 Å². The van der Waals surface area contributed by atoms with E-state index in [0.717, 1.165) is 13.2 Å². The summed E-state index contributed by atoms with van der Waals surface area (Å²) in [5.41, 5.74) is 1.23. The van der Waals surface area contributed by atoms with Crippen molar-refractivity contribution in [1.82, 2.24) is 5.32 Å². The fraction of sp³-hybridized carbons (Fsp3) is 0.455. The topological polar surface area (TPSA) is 23.3 Å². The number of benzene rings is 1. The van der Waals surface area contributed by atoms with Crippen LogP contribution >= 0.6 is 0 Å². The molecule has 0 aromatic heterocycles. The van der Waals surface area contributed by atoms with Crippen LogP contribution in [0.5, 0.6) is 0 Å². The van der Waals surface area contributed by atoms with E-state index in [-0.39, 0.29) is 12.1 Å². The number of hydrogen-bond donors (Lipinski definition) is 0. The second kappa shape index (κ2) is 3.90. The van der Waals surface area contributed by atoms with Crippen molar-refractivity contribution in [2.24, 2.45) is 0 Å². The molecule has 0 aliphatic carbocycles. The highest BCUT2D eigenvalue weighted by Gasteiger charge is 2.23. The minimum absolute atomic E-state index is 0.162. The number of ether oxygens (including phenoxy) is 1. The SMILES string of the molecule is CC1[N]CCOC1c1ccccc1. The van der Waals surface area contributed by atoms with Crippen LogP contribution in [0.4, 0.5) is 0 Å². The monoisotopic (exact) mass is 176 g/mol. The van der Waals surface area contributed by atoms with Crippen LogP contribution in [-0.2, 0) is 4.74 Å². The van der Waals surface area contributed by atoms with E-state index in [1.54, 1.807) is 0 Å². The van der Waals surface area contributed by atoms with Gasteiger partial charge in [-0.2, -0.15) is 0 Å². The first-order valence-corrected chi connectivity index (χ1v) is 4.71. The third-order valence-electron chi connectivity index (χ3n) is 2.37. The first kappa shape index (κ1) is 8.73. The molecule has 0 saturated carbocycles. The predicted molar refractivity (Wildman–Crippen MR) is 51.6 cm³/mol. The molecule has 0 N–H and O–H groups in total. The molecule has 2 heteroatoms. The zero-order valence-electron chi connectivity index (χ0n) is 7.81. The maximum Gasteiger partial charge on any atom is 0.0992 e. The molecule has 1 saturated heterocycles. The molecule has 13 heavy (non-hydrogen) atoms. The van der Waals surface area contributed by atoms with Gasteiger partial charge >= 0.3 is 0 Å². The molecule has 2 atom stereocenters. The molecule has 2 nitrogen and oxygen atoms in total. The summed E-state index contributed by atoms with van der Waals surface area (Å²) in [6.07, 6.45) is 0.162. The summed E-state index contributed by atoms with van der Waals surface area (Å²) in [7, 11) is 0. The average Bonchev–Trinajstić information content (AvgIpc) is 2.20. The van der Waals surface area contributed by atoms with Gasteiger partial charge in [0.15, 0.2) is 0 Å². The van der Waals surface area contributed by atoms with Crippen LogP contribution in [0, 0.1) is 0 Å². The van der Waals surface area contributed by atoms with Gasteiger partial charge in [0.1, 0.15) is 0 Å². The summed E-state index contributed by atoms with van der Waals surface area (Å²) in [4.78, 5) is 0. The van der Waals surface area contributed by atoms with Crippen LogP contribution in [0.15, 0.2) is 30.3 Å². The first-order chi connectivity index (χ1) is 6.38. The molecular weight excluding hydrogens is 162 g/mol. The zero-order valence-corrected chi connectivity index (χ0v) is 7.81. The molecule has 0 spiro atoms. The lowest BCUT2D eigenvalue weighted by Gasteiger charge is -2.29. The van der Waals surface area contributed by atoms with E-state index in [1.807, 2.05) is 18.2 Å². The number of morpholine rings is 1. The van der Waals surface area contributed by atoms with Crippen molar-refractivity contribution in [3.63, 3.8) is 0 Å². The predicted octanol–water partition coefficient (Wildman–Crippen LogP) is 1.75. The van der Waals surface area contributed by atoms with E-state index in [4.69, 9.17) is 4.74 Å². The van der Waals surface area contributed by atoms with E-state index in [1.165, 1.54) is 5.56 Å². The van der Waals surface area contributed by atoms with Gasteiger partial charge < -0.3 is 4.74 Å². The molecule has 1 radical (unpaired) electrons. The average molecular weight is 176 g/mol. The standard InChI is InChI=1S/C11H14NO/c1-9-11(13-8-7-12-9)10-5-3-2-4-6-10/h2-6,9,11H,7-8H2,1H3. The Kier molecular flexibility index (Phi) is 2.62. The third kappa shape index (κ3) is 1.90. The highest BCUT2D eigenvalue weighted by Crippen LogP contribution is 2.23. The quantitative estimate of drug-likeness (QED) is 0.639. The van der Waals surface area contributed by atoms with E-state index in [2.05, 4.69) is 24.4 Å². The summed E-state index contributed by atoms with van der Waals surface area (Å²) in [5, 5.41) is 4.46. The molecule has 2 rings (SSSR count). The minimum Gasteiger partial charge on any atom is -0.370 e. The molecule has 0 amide bonds. The molecule has 1 aliphatic heterocycles. The van der Waals surface area contributed by atoms with Crippen molar-refractivity contribution >= 4 is 0 Å². The van der Waals surface area contributed by atoms with Gasteiger partial charge in [0, 0.05) is 6.54 Å². The normalized spacial score (nSPS) is 28.7. The van der Waals surface area contributed by atoms with Crippen LogP contribution in [0.25, 0.3) is 0 Å². The third-order valence-corrected chi connectivity index (χ3v) is 2.37. The number of nitrogens with zero attached hydrogens (tertiary/aromatic N) is 1. The Morgan fingerprint density at radius 2 is 2.08 bits per heavy atom. The smallest absolute Gasteiger partial charge is 0.0992 e. The van der Waals surface area contributed by atoms with Crippen molar-refractivity contribution in [3.8, 4) is 0 Å². The summed E-state index contributed by atoms with van der Waals surface area (Å²) in [5.74, 6) is 0. The van der Waals surface area contributed by atoms with Gasteiger partial charge in [0.2, 0.25) is 0 Å². The molecule has 1 aromatic rings. The van der Waals surface area contributed by atoms with Gasteiger partial charge in [0.25, 0.3) is 0 Å². The molecular formula is C11H14NO. The van der Waals surface area contributed by atoms with E-state index in [0.29, 0.717) is 0 Å². The van der Waals surface area contributed by atoms with E-state index >= 15 is 0 Å². The van der Waals surface area contributed by atoms with Crippen LogP contribution < -0.4 is 5.32 Å². The van der Waals surface area contributed by atoms with Crippen molar-refractivity contribution in [2.75, 3.05) is 13.2 Å². The van der Waals surface area contributed by atoms with Gasteiger partial charge in [-0.25, -0.2) is 5.32 Å². The van der Waals surface area contributed by atoms with Crippen LogP contribution in [0.3, 0.4) is 0 Å². The largest absolute Gasteiger partial charge is 0.370 e. The first-order valence-electron chi connectivity index (χ1n) is 4.71. The maximum atomic E-state index is 5.68. The molecule has 69 valence electrons. The zero-order chi connectivity index (χ0) is 9.10. The van der Waals surface area contributed by atoms with Gasteiger partial charge in [-0.15, -0.1) is 0 Å². The van der Waals surface area contributed by atoms with Gasteiger partial charge in [-0.05, 0) is 12.5 Å². The van der Waals surface area contributed by atoms with Gasteiger partial charge in [-0.3, -0.25) is 0 Å². The van der Waals surface area contributed by atoms with Crippen molar-refractivity contribution < 1.29 is 4.74 Å². The van der Waals surface area contributed by atoms with Crippen LogP contribution in [-0.4, -0.2) is 19.2 Å². The lowest BCUT2D eigenvalue weighted by molar-refractivity contribution is -0.00218. The lowest BCUT2D eigenvalue weighted by atomic mass is 10.0. The molecule has 2 unspecified atom stereocenters. The molecule has 1 heterocycles. The second-order valence-electron chi connectivity index (χ2n) is 3.35. The fourth-order valence-electron chi connectivity index (χ4n) is 1.69. The van der Waals surface area contributed by atoms with Crippen molar-refractivity contribution in [1.29, 1.82) is 0 Å². The molecule has 1 fully saturated rings. The lowest BCUT2D eigenvalue weighted by Crippen LogP contribution is -2.36. The Labute approximate surface area is 78.9 Å². The Morgan fingerprint density at radius 1 is 1.31 bits per heavy atom. The number of rotatable bonds is 1. The minimum atomic E-state index is 0.162. The van der Waals surface area contributed by atoms with Crippen LogP contribution in [0.1, 0.15) is 18.6 Å². The Bertz CT molecular complexity index is 260. The highest BCUT2D eigenvalue weighted by molar-refractivity contribution is 5.19. The highest BCUT2D eigenvalue weighted by atomic mass is 16.5. The van der Waals surface area contributed by atoms with Gasteiger partial charge in [-0.1, -0.05) is 30.3 Å². The Hall–Kier alpha value is -0.860. The Morgan fingerprint density at radius 3 is 2.77 bits per heavy atom. The molecule has 1 aromatic carbocycles. The molecule has 1 aliphatic rings. The maximum absolute atomic E-state index is 5.68. The fourth-order valence-corrected chi connectivity index (χ4v) is 1.69. The van der Waals surface area contributed by atoms with Crippen LogP contribution in [0.2, 0.25) is 0 Å².